The van der Waals surface area contributed by atoms with Gasteiger partial charge in [-0.25, -0.2) is 9.67 Å². The molecule has 0 saturated heterocycles. The molecule has 0 radical (unpaired) electrons. The minimum Gasteiger partial charge on any atom is -0.324 e. The first kappa shape index (κ1) is 17.3. The van der Waals surface area contributed by atoms with Crippen LogP contribution in [0.3, 0.4) is 0 Å². The number of halogens is 2. The summed E-state index contributed by atoms with van der Waals surface area (Å²) in [5, 5.41) is 9.55. The van der Waals surface area contributed by atoms with Crippen molar-refractivity contribution in [1.29, 1.82) is 0 Å². The van der Waals surface area contributed by atoms with E-state index < -0.39 is 0 Å². The minimum absolute atomic E-state index is 0.0813. The predicted octanol–water partition coefficient (Wildman–Crippen LogP) is 6.12. The summed E-state index contributed by atoms with van der Waals surface area (Å²) in [6, 6.07) is 19.7. The highest BCUT2D eigenvalue weighted by Gasteiger charge is 2.34. The van der Waals surface area contributed by atoms with Crippen LogP contribution in [0, 0.1) is 6.92 Å². The van der Waals surface area contributed by atoms with Crippen LogP contribution in [0.15, 0.2) is 66.9 Å². The lowest BCUT2D eigenvalue weighted by Crippen LogP contribution is -2.17. The van der Waals surface area contributed by atoms with Crippen molar-refractivity contribution in [3.63, 3.8) is 0 Å². The third-order valence-corrected chi connectivity index (χ3v) is 5.62. The molecular weight excluding hydrogens is 391 g/mol. The van der Waals surface area contributed by atoms with Crippen molar-refractivity contribution in [2.45, 2.75) is 12.8 Å². The molecule has 6 heteroatoms. The first-order valence-electron chi connectivity index (χ1n) is 8.95. The number of benzene rings is 2. The number of hydrogen-bond acceptors (Lipinski definition) is 3. The van der Waals surface area contributed by atoms with Gasteiger partial charge in [0.25, 0.3) is 0 Å². The quantitative estimate of drug-likeness (QED) is 0.383. The van der Waals surface area contributed by atoms with Gasteiger partial charge in [0, 0.05) is 33.3 Å². The van der Waals surface area contributed by atoms with E-state index in [0.29, 0.717) is 10.0 Å². The molecule has 2 aromatic heterocycles. The number of rotatable bonds is 2. The molecule has 0 saturated carbocycles. The monoisotopic (exact) mass is 406 g/mol. The van der Waals surface area contributed by atoms with Crippen molar-refractivity contribution in [3.05, 3.63) is 99.3 Å². The zero-order valence-corrected chi connectivity index (χ0v) is 16.5. The maximum absolute atomic E-state index is 6.62. The molecule has 0 fully saturated rings. The average molecular weight is 407 g/mol. The fourth-order valence-electron chi connectivity index (χ4n) is 3.84. The van der Waals surface area contributed by atoms with Crippen molar-refractivity contribution in [3.8, 4) is 5.69 Å². The number of aryl methyl sites for hydroxylation is 1. The zero-order chi connectivity index (χ0) is 19.3. The van der Waals surface area contributed by atoms with E-state index >= 15 is 0 Å². The van der Waals surface area contributed by atoms with E-state index in [1.165, 1.54) is 0 Å². The highest BCUT2D eigenvalue weighted by Crippen LogP contribution is 2.47. The Morgan fingerprint density at radius 2 is 1.79 bits per heavy atom. The van der Waals surface area contributed by atoms with E-state index in [9.17, 15) is 0 Å². The maximum Gasteiger partial charge on any atom is 0.139 e. The number of hydrogen-bond donors (Lipinski definition) is 1. The Balaban J connectivity index is 1.79. The highest BCUT2D eigenvalue weighted by atomic mass is 35.5. The number of aromatic nitrogens is 3. The van der Waals surface area contributed by atoms with E-state index in [4.69, 9.17) is 28.3 Å². The van der Waals surface area contributed by atoms with E-state index in [1.54, 1.807) is 12.3 Å². The number of fused-ring (bicyclic) bond motifs is 2. The smallest absolute Gasteiger partial charge is 0.139 e. The first-order valence-corrected chi connectivity index (χ1v) is 9.71. The Labute approximate surface area is 172 Å². The Morgan fingerprint density at radius 3 is 2.57 bits per heavy atom. The molecule has 3 heterocycles. The van der Waals surface area contributed by atoms with Crippen LogP contribution in [0.5, 0.6) is 0 Å². The summed E-state index contributed by atoms with van der Waals surface area (Å²) < 4.78 is 1.93. The van der Waals surface area contributed by atoms with Crippen LogP contribution in [0.2, 0.25) is 10.0 Å². The third-order valence-electron chi connectivity index (χ3n) is 5.06. The molecule has 2 aromatic carbocycles. The number of anilines is 2. The summed E-state index contributed by atoms with van der Waals surface area (Å²) in [5.41, 5.74) is 5.07. The van der Waals surface area contributed by atoms with Gasteiger partial charge in [-0.1, -0.05) is 53.5 Å². The van der Waals surface area contributed by atoms with E-state index in [2.05, 4.69) is 16.4 Å². The lowest BCUT2D eigenvalue weighted by atomic mass is 9.83. The average Bonchev–Trinajstić information content (AvgIpc) is 3.04. The predicted molar refractivity (Wildman–Crippen MR) is 113 cm³/mol. The molecule has 138 valence electrons. The van der Waals surface area contributed by atoms with E-state index in [0.717, 1.165) is 39.7 Å². The second kappa shape index (κ2) is 6.66. The molecule has 1 unspecified atom stereocenters. The second-order valence-electron chi connectivity index (χ2n) is 6.76. The molecular formula is C22H16Cl2N4. The van der Waals surface area contributed by atoms with Gasteiger partial charge in [0.2, 0.25) is 0 Å². The first-order chi connectivity index (χ1) is 13.6. The number of nitrogens with zero attached hydrogens (tertiary/aromatic N) is 3. The largest absolute Gasteiger partial charge is 0.324 e. The molecule has 1 N–H and O–H groups in total. The summed E-state index contributed by atoms with van der Waals surface area (Å²) >= 11 is 12.8. The lowest BCUT2D eigenvalue weighted by Gasteiger charge is -2.28. The maximum atomic E-state index is 6.62. The van der Waals surface area contributed by atoms with Crippen molar-refractivity contribution in [2.24, 2.45) is 0 Å². The SMILES string of the molecule is Cc1nn(-c2ccccc2)c2c1C(c1ccc(Cl)cc1Cl)c1cccnc1N2. The van der Waals surface area contributed by atoms with Crippen LogP contribution < -0.4 is 5.32 Å². The molecule has 0 amide bonds. The van der Waals surface area contributed by atoms with Crippen LogP contribution in [-0.4, -0.2) is 14.8 Å². The summed E-state index contributed by atoms with van der Waals surface area (Å²) in [4.78, 5) is 4.56. The van der Waals surface area contributed by atoms with Crippen molar-refractivity contribution in [2.75, 3.05) is 5.32 Å². The number of nitrogens with one attached hydrogen (secondary N) is 1. The van der Waals surface area contributed by atoms with Crippen LogP contribution in [-0.2, 0) is 0 Å². The molecule has 0 spiro atoms. The van der Waals surface area contributed by atoms with Gasteiger partial charge >= 0.3 is 0 Å². The molecule has 4 nitrogen and oxygen atoms in total. The van der Waals surface area contributed by atoms with Crippen molar-refractivity contribution < 1.29 is 0 Å². The molecule has 4 aromatic rings. The van der Waals surface area contributed by atoms with Crippen LogP contribution >= 0.6 is 23.2 Å². The number of para-hydroxylation sites is 1. The molecule has 5 rings (SSSR count). The van der Waals surface area contributed by atoms with Crippen LogP contribution in [0.1, 0.15) is 28.3 Å². The van der Waals surface area contributed by atoms with E-state index in [1.807, 2.05) is 60.1 Å². The fourth-order valence-corrected chi connectivity index (χ4v) is 4.36. The van der Waals surface area contributed by atoms with Gasteiger partial charge in [-0.15, -0.1) is 0 Å². The molecule has 28 heavy (non-hydrogen) atoms. The fraction of sp³-hybridized carbons (Fsp3) is 0.0909. The lowest BCUT2D eigenvalue weighted by molar-refractivity contribution is 0.867. The Kier molecular flexibility index (Phi) is 4.11. The van der Waals surface area contributed by atoms with Crippen molar-refractivity contribution >= 4 is 34.8 Å². The number of pyridine rings is 1. The standard InChI is InChI=1S/C22H16Cl2N4/c1-13-19-20(16-10-9-14(23)12-18(16)24)17-8-5-11-25-21(17)26-22(19)28(27-13)15-6-3-2-4-7-15/h2-12,20H,1H3,(H,25,26). The van der Waals surface area contributed by atoms with Gasteiger partial charge in [-0.05, 0) is 42.8 Å². The summed E-state index contributed by atoms with van der Waals surface area (Å²) in [6.45, 7) is 2.03. The van der Waals surface area contributed by atoms with Gasteiger partial charge in [-0.3, -0.25) is 0 Å². The van der Waals surface area contributed by atoms with E-state index in [-0.39, 0.29) is 5.92 Å². The normalized spacial score (nSPS) is 14.9. The topological polar surface area (TPSA) is 42.7 Å². The molecule has 0 aliphatic carbocycles. The zero-order valence-electron chi connectivity index (χ0n) is 15.0. The van der Waals surface area contributed by atoms with Gasteiger partial charge < -0.3 is 5.32 Å². The molecule has 1 atom stereocenters. The molecule has 0 bridgehead atoms. The summed E-state index contributed by atoms with van der Waals surface area (Å²) in [5.74, 6) is 1.64. The van der Waals surface area contributed by atoms with Gasteiger partial charge in [0.1, 0.15) is 11.6 Å². The van der Waals surface area contributed by atoms with Crippen molar-refractivity contribution in [1.82, 2.24) is 14.8 Å². The minimum atomic E-state index is -0.0813. The highest BCUT2D eigenvalue weighted by molar-refractivity contribution is 6.35. The van der Waals surface area contributed by atoms with Gasteiger partial charge in [0.05, 0.1) is 11.4 Å². The van der Waals surface area contributed by atoms with Crippen LogP contribution in [0.25, 0.3) is 5.69 Å². The van der Waals surface area contributed by atoms with Gasteiger partial charge in [-0.2, -0.15) is 5.10 Å². The summed E-state index contributed by atoms with van der Waals surface area (Å²) in [6.07, 6.45) is 1.79. The molecule has 1 aliphatic rings. The summed E-state index contributed by atoms with van der Waals surface area (Å²) in [7, 11) is 0. The Hall–Kier alpha value is -2.82. The van der Waals surface area contributed by atoms with Gasteiger partial charge in [0.15, 0.2) is 0 Å². The third kappa shape index (κ3) is 2.68. The second-order valence-corrected chi connectivity index (χ2v) is 7.60. The molecule has 1 aliphatic heterocycles. The Morgan fingerprint density at radius 1 is 0.964 bits per heavy atom. The Bertz CT molecular complexity index is 1180. The van der Waals surface area contributed by atoms with Crippen LogP contribution in [0.4, 0.5) is 11.6 Å².